The molecule has 0 N–H and O–H groups in total. The molecule has 3 rings (SSSR count). The largest absolute Gasteiger partial charge is 0.280 e. The van der Waals surface area contributed by atoms with Crippen molar-refractivity contribution in [2.24, 2.45) is 11.0 Å². The maximum Gasteiger partial charge on any atom is 0.232 e. The second-order valence-corrected chi connectivity index (χ2v) is 5.65. The molecule has 0 aromatic carbocycles. The van der Waals surface area contributed by atoms with E-state index in [1.165, 1.54) is 0 Å². The van der Waals surface area contributed by atoms with Gasteiger partial charge in [-0.1, -0.05) is 11.2 Å². The summed E-state index contributed by atoms with van der Waals surface area (Å²) in [5.74, 6) is 0.410. The standard InChI is InChI=1S/C13H12N6OS/c14-18-16-7-9-6-12(20)19(8-9)13-15-4-3-10(17-13)11-2-1-5-21-11/h1-5,9H,6-8H2. The molecule has 1 aliphatic rings. The van der Waals surface area contributed by atoms with Crippen LogP contribution in [0.1, 0.15) is 6.42 Å². The smallest absolute Gasteiger partial charge is 0.232 e. The zero-order valence-corrected chi connectivity index (χ0v) is 11.9. The summed E-state index contributed by atoms with van der Waals surface area (Å²) in [4.78, 5) is 26.1. The van der Waals surface area contributed by atoms with Crippen molar-refractivity contribution in [2.75, 3.05) is 18.0 Å². The summed E-state index contributed by atoms with van der Waals surface area (Å²) in [6.45, 7) is 0.815. The molecule has 0 radical (unpaired) electrons. The van der Waals surface area contributed by atoms with Crippen LogP contribution in [0.5, 0.6) is 0 Å². The lowest BCUT2D eigenvalue weighted by Crippen LogP contribution is -2.26. The number of hydrogen-bond acceptors (Lipinski definition) is 5. The second-order valence-electron chi connectivity index (χ2n) is 4.71. The molecule has 7 nitrogen and oxygen atoms in total. The number of amides is 1. The van der Waals surface area contributed by atoms with Crippen LogP contribution in [0, 0.1) is 5.92 Å². The second kappa shape index (κ2) is 5.90. The van der Waals surface area contributed by atoms with Gasteiger partial charge >= 0.3 is 0 Å². The molecule has 1 saturated heterocycles. The molecule has 21 heavy (non-hydrogen) atoms. The van der Waals surface area contributed by atoms with E-state index in [-0.39, 0.29) is 11.8 Å². The molecule has 106 valence electrons. The first-order valence-electron chi connectivity index (χ1n) is 6.46. The van der Waals surface area contributed by atoms with Crippen LogP contribution >= 0.6 is 11.3 Å². The highest BCUT2D eigenvalue weighted by molar-refractivity contribution is 7.13. The number of rotatable bonds is 4. The number of thiophene rings is 1. The highest BCUT2D eigenvalue weighted by Crippen LogP contribution is 2.26. The van der Waals surface area contributed by atoms with Crippen LogP contribution in [0.4, 0.5) is 5.95 Å². The normalized spacial score (nSPS) is 17.8. The molecule has 0 spiro atoms. The first-order chi connectivity index (χ1) is 10.3. The zero-order chi connectivity index (χ0) is 14.7. The number of nitrogens with zero attached hydrogens (tertiary/aromatic N) is 6. The van der Waals surface area contributed by atoms with Gasteiger partial charge in [-0.05, 0) is 29.0 Å². The fourth-order valence-electron chi connectivity index (χ4n) is 2.29. The summed E-state index contributed by atoms with van der Waals surface area (Å²) in [5, 5.41) is 5.52. The van der Waals surface area contributed by atoms with Crippen molar-refractivity contribution in [2.45, 2.75) is 6.42 Å². The lowest BCUT2D eigenvalue weighted by Gasteiger charge is -2.14. The molecule has 2 aromatic heterocycles. The number of carbonyl (C=O) groups excluding carboxylic acids is 1. The minimum Gasteiger partial charge on any atom is -0.280 e. The van der Waals surface area contributed by atoms with Crippen molar-refractivity contribution in [1.82, 2.24) is 9.97 Å². The monoisotopic (exact) mass is 300 g/mol. The van der Waals surface area contributed by atoms with E-state index < -0.39 is 0 Å². The summed E-state index contributed by atoms with van der Waals surface area (Å²) >= 11 is 1.59. The van der Waals surface area contributed by atoms with Crippen molar-refractivity contribution in [1.29, 1.82) is 0 Å². The molecule has 1 atom stereocenters. The van der Waals surface area contributed by atoms with Crippen molar-refractivity contribution in [3.05, 3.63) is 40.2 Å². The van der Waals surface area contributed by atoms with E-state index in [1.54, 1.807) is 22.4 Å². The van der Waals surface area contributed by atoms with Gasteiger partial charge in [-0.2, -0.15) is 0 Å². The Bertz CT molecular complexity index is 694. The molecule has 1 aliphatic heterocycles. The predicted molar refractivity (Wildman–Crippen MR) is 79.8 cm³/mol. The van der Waals surface area contributed by atoms with Gasteiger partial charge in [0.1, 0.15) is 0 Å². The molecule has 1 amide bonds. The number of anilines is 1. The third-order valence-corrected chi connectivity index (χ3v) is 4.16. The molecule has 3 heterocycles. The van der Waals surface area contributed by atoms with Gasteiger partial charge < -0.3 is 0 Å². The quantitative estimate of drug-likeness (QED) is 0.493. The van der Waals surface area contributed by atoms with Gasteiger partial charge in [-0.25, -0.2) is 9.97 Å². The molecule has 0 saturated carbocycles. The Morgan fingerprint density at radius 3 is 3.19 bits per heavy atom. The summed E-state index contributed by atoms with van der Waals surface area (Å²) in [6.07, 6.45) is 2.02. The molecule has 2 aromatic rings. The zero-order valence-electron chi connectivity index (χ0n) is 11.1. The topological polar surface area (TPSA) is 94.9 Å². The summed E-state index contributed by atoms with van der Waals surface area (Å²) in [5.41, 5.74) is 9.16. The van der Waals surface area contributed by atoms with Crippen LogP contribution in [0.2, 0.25) is 0 Å². The molecular formula is C13H12N6OS. The summed E-state index contributed by atoms with van der Waals surface area (Å²) in [7, 11) is 0. The third kappa shape index (κ3) is 2.86. The van der Waals surface area contributed by atoms with Crippen molar-refractivity contribution in [3.63, 3.8) is 0 Å². The number of azide groups is 1. The van der Waals surface area contributed by atoms with E-state index in [2.05, 4.69) is 20.0 Å². The van der Waals surface area contributed by atoms with Crippen LogP contribution in [0.15, 0.2) is 34.9 Å². The molecule has 1 fully saturated rings. The SMILES string of the molecule is [N-]=[N+]=NCC1CC(=O)N(c2nccc(-c3cccs3)n2)C1. The van der Waals surface area contributed by atoms with Gasteiger partial charge in [0, 0.05) is 30.6 Å². The number of carbonyl (C=O) groups is 1. The van der Waals surface area contributed by atoms with Gasteiger partial charge in [0.05, 0.1) is 10.6 Å². The fourth-order valence-corrected chi connectivity index (χ4v) is 2.98. The van der Waals surface area contributed by atoms with E-state index in [0.717, 1.165) is 10.6 Å². The van der Waals surface area contributed by atoms with E-state index >= 15 is 0 Å². The summed E-state index contributed by atoms with van der Waals surface area (Å²) < 4.78 is 0. The average Bonchev–Trinajstić information content (AvgIpc) is 3.15. The van der Waals surface area contributed by atoms with Gasteiger partial charge in [0.2, 0.25) is 11.9 Å². The molecule has 0 aliphatic carbocycles. The Kier molecular flexibility index (Phi) is 3.81. The molecule has 1 unspecified atom stereocenters. The minimum absolute atomic E-state index is 0.0300. The van der Waals surface area contributed by atoms with Crippen molar-refractivity contribution >= 4 is 23.2 Å². The minimum atomic E-state index is -0.0310. The lowest BCUT2D eigenvalue weighted by molar-refractivity contribution is -0.117. The first-order valence-corrected chi connectivity index (χ1v) is 7.34. The molecule has 0 bridgehead atoms. The van der Waals surface area contributed by atoms with Gasteiger partial charge in [0.25, 0.3) is 0 Å². The Labute approximate surface area is 124 Å². The molecular weight excluding hydrogens is 288 g/mol. The van der Waals surface area contributed by atoms with E-state index in [9.17, 15) is 4.79 Å². The van der Waals surface area contributed by atoms with E-state index in [0.29, 0.717) is 25.5 Å². The highest BCUT2D eigenvalue weighted by Gasteiger charge is 2.31. The van der Waals surface area contributed by atoms with Crippen LogP contribution < -0.4 is 4.90 Å². The number of hydrogen-bond donors (Lipinski definition) is 0. The van der Waals surface area contributed by atoms with Gasteiger partial charge in [0.15, 0.2) is 0 Å². The Balaban J connectivity index is 1.82. The molecule has 8 heteroatoms. The maximum atomic E-state index is 12.1. The lowest BCUT2D eigenvalue weighted by atomic mass is 10.1. The third-order valence-electron chi connectivity index (χ3n) is 3.27. The average molecular weight is 300 g/mol. The summed E-state index contributed by atoms with van der Waals surface area (Å²) in [6, 6.07) is 5.76. The van der Waals surface area contributed by atoms with Gasteiger partial charge in [-0.3, -0.25) is 9.69 Å². The predicted octanol–water partition coefficient (Wildman–Crippen LogP) is 2.87. The van der Waals surface area contributed by atoms with Crippen LogP contribution in [-0.4, -0.2) is 29.0 Å². The Hall–Kier alpha value is -2.44. The Morgan fingerprint density at radius 1 is 1.52 bits per heavy atom. The van der Waals surface area contributed by atoms with Crippen molar-refractivity contribution in [3.8, 4) is 10.6 Å². The van der Waals surface area contributed by atoms with E-state index in [1.807, 2.05) is 23.6 Å². The fraction of sp³-hybridized carbons (Fsp3) is 0.308. The number of aromatic nitrogens is 2. The van der Waals surface area contributed by atoms with Gasteiger partial charge in [-0.15, -0.1) is 11.3 Å². The van der Waals surface area contributed by atoms with Crippen LogP contribution in [0.3, 0.4) is 0 Å². The highest BCUT2D eigenvalue weighted by atomic mass is 32.1. The Morgan fingerprint density at radius 2 is 2.43 bits per heavy atom. The van der Waals surface area contributed by atoms with Crippen LogP contribution in [-0.2, 0) is 4.79 Å². The van der Waals surface area contributed by atoms with Crippen LogP contribution in [0.25, 0.3) is 21.0 Å². The van der Waals surface area contributed by atoms with E-state index in [4.69, 9.17) is 5.53 Å². The van der Waals surface area contributed by atoms with Crippen molar-refractivity contribution < 1.29 is 4.79 Å². The maximum absolute atomic E-state index is 12.1. The first kappa shape index (κ1) is 13.5.